The van der Waals surface area contributed by atoms with Gasteiger partial charge >= 0.3 is 0 Å². The van der Waals surface area contributed by atoms with E-state index in [1.54, 1.807) is 0 Å². The van der Waals surface area contributed by atoms with Crippen molar-refractivity contribution in [2.75, 3.05) is 32.8 Å². The highest BCUT2D eigenvalue weighted by Crippen LogP contribution is 2.10. The molecule has 0 saturated carbocycles. The average Bonchev–Trinajstić information content (AvgIpc) is 2.64. The van der Waals surface area contributed by atoms with E-state index in [1.807, 2.05) is 0 Å². The molecule has 1 rings (SSSR count). The van der Waals surface area contributed by atoms with Gasteiger partial charge in [0.25, 0.3) is 0 Å². The first-order valence-electron chi connectivity index (χ1n) is 6.78. The van der Waals surface area contributed by atoms with Gasteiger partial charge in [0, 0.05) is 38.4 Å². The Hall–Kier alpha value is -0.120. The molecule has 0 radical (unpaired) electrons. The van der Waals surface area contributed by atoms with Gasteiger partial charge < -0.3 is 15.0 Å². The monoisotopic (exact) mass is 228 g/mol. The third-order valence-electron chi connectivity index (χ3n) is 2.95. The van der Waals surface area contributed by atoms with Crippen LogP contribution < -0.4 is 5.32 Å². The Morgan fingerprint density at radius 3 is 2.88 bits per heavy atom. The number of nitrogens with one attached hydrogen (secondary N) is 1. The summed E-state index contributed by atoms with van der Waals surface area (Å²) in [5.74, 6) is 0. The third-order valence-corrected chi connectivity index (χ3v) is 2.95. The number of hydrogen-bond donors (Lipinski definition) is 1. The van der Waals surface area contributed by atoms with Gasteiger partial charge in [-0.05, 0) is 25.8 Å². The summed E-state index contributed by atoms with van der Waals surface area (Å²) in [5, 5.41) is 3.61. The molecule has 1 heterocycles. The van der Waals surface area contributed by atoms with Crippen molar-refractivity contribution in [3.63, 3.8) is 0 Å². The molecule has 1 N–H and O–H groups in total. The van der Waals surface area contributed by atoms with Crippen molar-refractivity contribution in [3.05, 3.63) is 0 Å². The molecule has 0 bridgehead atoms. The van der Waals surface area contributed by atoms with Crippen LogP contribution in [0.25, 0.3) is 0 Å². The average molecular weight is 228 g/mol. The van der Waals surface area contributed by atoms with Crippen LogP contribution in [0.1, 0.15) is 40.0 Å². The van der Waals surface area contributed by atoms with E-state index in [4.69, 9.17) is 4.74 Å². The van der Waals surface area contributed by atoms with Crippen LogP contribution in [0.2, 0.25) is 0 Å². The molecule has 3 nitrogen and oxygen atoms in total. The largest absolute Gasteiger partial charge is 0.381 e. The zero-order valence-corrected chi connectivity index (χ0v) is 11.2. The van der Waals surface area contributed by atoms with Crippen LogP contribution in [-0.4, -0.2) is 49.8 Å². The van der Waals surface area contributed by atoms with Gasteiger partial charge in [-0.25, -0.2) is 0 Å². The van der Waals surface area contributed by atoms with Gasteiger partial charge in [0.1, 0.15) is 0 Å². The van der Waals surface area contributed by atoms with E-state index in [0.717, 1.165) is 19.6 Å². The van der Waals surface area contributed by atoms with Crippen LogP contribution in [0.15, 0.2) is 0 Å². The first kappa shape index (κ1) is 13.9. The highest BCUT2D eigenvalue weighted by atomic mass is 16.5. The van der Waals surface area contributed by atoms with E-state index in [-0.39, 0.29) is 0 Å². The molecule has 0 aromatic rings. The Balaban J connectivity index is 1.99. The Morgan fingerprint density at radius 2 is 2.19 bits per heavy atom. The van der Waals surface area contributed by atoms with Crippen molar-refractivity contribution < 1.29 is 4.74 Å². The fraction of sp³-hybridized carbons (Fsp3) is 1.00. The molecule has 96 valence electrons. The fourth-order valence-electron chi connectivity index (χ4n) is 2.28. The van der Waals surface area contributed by atoms with Crippen molar-refractivity contribution >= 4 is 0 Å². The molecule has 1 fully saturated rings. The van der Waals surface area contributed by atoms with Crippen molar-refractivity contribution in [3.8, 4) is 0 Å². The minimum atomic E-state index is 0.609. The molecule has 0 amide bonds. The molecule has 0 aromatic heterocycles. The van der Waals surface area contributed by atoms with E-state index >= 15 is 0 Å². The number of hydrogen-bond acceptors (Lipinski definition) is 3. The van der Waals surface area contributed by atoms with Crippen LogP contribution in [0.4, 0.5) is 0 Å². The summed E-state index contributed by atoms with van der Waals surface area (Å²) in [6.07, 6.45) is 3.60. The van der Waals surface area contributed by atoms with Gasteiger partial charge in [-0.2, -0.15) is 0 Å². The quantitative estimate of drug-likeness (QED) is 0.642. The third kappa shape index (κ3) is 5.83. The summed E-state index contributed by atoms with van der Waals surface area (Å²) in [6, 6.07) is 1.31. The van der Waals surface area contributed by atoms with Gasteiger partial charge in [0.05, 0.1) is 0 Å². The van der Waals surface area contributed by atoms with E-state index in [2.05, 4.69) is 31.0 Å². The SMILES string of the molecule is CCCOCCCN1CCC(NC(C)C)C1. The molecule has 0 aromatic carbocycles. The molecule has 3 heteroatoms. The molecule has 16 heavy (non-hydrogen) atoms. The van der Waals surface area contributed by atoms with Gasteiger partial charge in [-0.1, -0.05) is 20.8 Å². The van der Waals surface area contributed by atoms with Gasteiger partial charge in [-0.15, -0.1) is 0 Å². The molecule has 1 aliphatic heterocycles. The summed E-state index contributed by atoms with van der Waals surface area (Å²) >= 11 is 0. The van der Waals surface area contributed by atoms with Crippen molar-refractivity contribution in [2.24, 2.45) is 0 Å². The normalized spacial score (nSPS) is 22.1. The Kier molecular flexibility index (Phi) is 7.01. The highest BCUT2D eigenvalue weighted by Gasteiger charge is 2.21. The first-order valence-corrected chi connectivity index (χ1v) is 6.78. The number of nitrogens with zero attached hydrogens (tertiary/aromatic N) is 1. The van der Waals surface area contributed by atoms with Gasteiger partial charge in [-0.3, -0.25) is 0 Å². The highest BCUT2D eigenvalue weighted by molar-refractivity contribution is 4.81. The maximum Gasteiger partial charge on any atom is 0.0478 e. The summed E-state index contributed by atoms with van der Waals surface area (Å²) in [6.45, 7) is 12.1. The fourth-order valence-corrected chi connectivity index (χ4v) is 2.28. The maximum atomic E-state index is 5.49. The molecule has 0 aliphatic carbocycles. The van der Waals surface area contributed by atoms with Crippen LogP contribution in [0.3, 0.4) is 0 Å². The van der Waals surface area contributed by atoms with E-state index < -0.39 is 0 Å². The number of rotatable bonds is 8. The lowest BCUT2D eigenvalue weighted by Crippen LogP contribution is -2.37. The second kappa shape index (κ2) is 8.04. The van der Waals surface area contributed by atoms with E-state index in [0.29, 0.717) is 12.1 Å². The van der Waals surface area contributed by atoms with Crippen LogP contribution >= 0.6 is 0 Å². The summed E-state index contributed by atoms with van der Waals surface area (Å²) in [5.41, 5.74) is 0. The molecule has 1 atom stereocenters. The molecular weight excluding hydrogens is 200 g/mol. The molecule has 1 unspecified atom stereocenters. The minimum Gasteiger partial charge on any atom is -0.381 e. The van der Waals surface area contributed by atoms with Crippen molar-refractivity contribution in [1.82, 2.24) is 10.2 Å². The lowest BCUT2D eigenvalue weighted by Gasteiger charge is -2.18. The number of ether oxygens (including phenoxy) is 1. The van der Waals surface area contributed by atoms with Crippen LogP contribution in [0, 0.1) is 0 Å². The Bertz CT molecular complexity index is 173. The minimum absolute atomic E-state index is 0.609. The zero-order valence-electron chi connectivity index (χ0n) is 11.2. The topological polar surface area (TPSA) is 24.5 Å². The lowest BCUT2D eigenvalue weighted by atomic mass is 10.2. The summed E-state index contributed by atoms with van der Waals surface area (Å²) in [4.78, 5) is 2.55. The van der Waals surface area contributed by atoms with E-state index in [1.165, 1.54) is 32.5 Å². The summed E-state index contributed by atoms with van der Waals surface area (Å²) in [7, 11) is 0. The summed E-state index contributed by atoms with van der Waals surface area (Å²) < 4.78 is 5.49. The Labute approximate surface area is 101 Å². The number of likely N-dealkylation sites (tertiary alicyclic amines) is 1. The molecule has 1 aliphatic rings. The lowest BCUT2D eigenvalue weighted by molar-refractivity contribution is 0.124. The van der Waals surface area contributed by atoms with Gasteiger partial charge in [0.15, 0.2) is 0 Å². The first-order chi connectivity index (χ1) is 7.72. The van der Waals surface area contributed by atoms with Gasteiger partial charge in [0.2, 0.25) is 0 Å². The molecule has 0 spiro atoms. The smallest absolute Gasteiger partial charge is 0.0478 e. The second-order valence-corrected chi connectivity index (χ2v) is 5.07. The van der Waals surface area contributed by atoms with Crippen molar-refractivity contribution in [2.45, 2.75) is 52.1 Å². The van der Waals surface area contributed by atoms with Crippen LogP contribution in [-0.2, 0) is 4.74 Å². The van der Waals surface area contributed by atoms with E-state index in [9.17, 15) is 0 Å². The maximum absolute atomic E-state index is 5.49. The predicted molar refractivity (Wildman–Crippen MR) is 68.8 cm³/mol. The second-order valence-electron chi connectivity index (χ2n) is 5.07. The zero-order chi connectivity index (χ0) is 11.8. The Morgan fingerprint density at radius 1 is 1.38 bits per heavy atom. The van der Waals surface area contributed by atoms with Crippen molar-refractivity contribution in [1.29, 1.82) is 0 Å². The molecule has 1 saturated heterocycles. The van der Waals surface area contributed by atoms with Crippen LogP contribution in [0.5, 0.6) is 0 Å². The molecular formula is C13H28N2O. The predicted octanol–water partition coefficient (Wildman–Crippen LogP) is 1.88. The standard InChI is InChI=1S/C13H28N2O/c1-4-9-16-10-5-7-15-8-6-13(11-15)14-12(2)3/h12-14H,4-11H2,1-3H3.